The van der Waals surface area contributed by atoms with Crippen molar-refractivity contribution in [1.29, 1.82) is 0 Å². The normalized spacial score (nSPS) is 11.2. The Balaban J connectivity index is 2.45. The van der Waals surface area contributed by atoms with Crippen LogP contribution in [-0.2, 0) is 11.5 Å². The van der Waals surface area contributed by atoms with Crippen LogP contribution in [0, 0.1) is 0 Å². The first kappa shape index (κ1) is 10.8. The highest BCUT2D eigenvalue weighted by molar-refractivity contribution is 6.04. The van der Waals surface area contributed by atoms with Gasteiger partial charge in [0.15, 0.2) is 11.9 Å². The van der Waals surface area contributed by atoms with Crippen LogP contribution in [0.5, 0.6) is 0 Å². The van der Waals surface area contributed by atoms with Crippen LogP contribution in [0.2, 0.25) is 0 Å². The van der Waals surface area contributed by atoms with Gasteiger partial charge in [-0.25, -0.2) is 4.98 Å². The third-order valence-electron chi connectivity index (χ3n) is 2.75. The second kappa shape index (κ2) is 4.15. The fourth-order valence-corrected chi connectivity index (χ4v) is 2.03. The molecule has 0 unspecified atom stereocenters. The highest BCUT2D eigenvalue weighted by Gasteiger charge is 2.13. The Morgan fingerprint density at radius 2 is 2.17 bits per heavy atom. The SMILES string of the molecule is COCn1c2ccccc2c2nnc(C=O)nc21. The molecule has 0 saturated heterocycles. The second-order valence-corrected chi connectivity index (χ2v) is 3.82. The first-order valence-electron chi connectivity index (χ1n) is 5.41. The molecule has 0 radical (unpaired) electrons. The van der Waals surface area contributed by atoms with Crippen molar-refractivity contribution in [2.75, 3.05) is 7.11 Å². The maximum absolute atomic E-state index is 10.7. The highest BCUT2D eigenvalue weighted by Crippen LogP contribution is 2.25. The monoisotopic (exact) mass is 242 g/mol. The van der Waals surface area contributed by atoms with Gasteiger partial charge in [-0.1, -0.05) is 18.2 Å². The Morgan fingerprint density at radius 1 is 1.33 bits per heavy atom. The Hall–Kier alpha value is -2.34. The van der Waals surface area contributed by atoms with E-state index >= 15 is 0 Å². The summed E-state index contributed by atoms with van der Waals surface area (Å²) in [5.41, 5.74) is 2.24. The van der Waals surface area contributed by atoms with E-state index in [1.54, 1.807) is 7.11 Å². The van der Waals surface area contributed by atoms with Crippen molar-refractivity contribution < 1.29 is 9.53 Å². The molecule has 0 N–H and O–H groups in total. The highest BCUT2D eigenvalue weighted by atomic mass is 16.5. The molecule has 2 heterocycles. The van der Waals surface area contributed by atoms with Crippen LogP contribution >= 0.6 is 0 Å². The van der Waals surface area contributed by atoms with Gasteiger partial charge >= 0.3 is 0 Å². The Bertz CT molecular complexity index is 735. The molecule has 3 aromatic rings. The van der Waals surface area contributed by atoms with E-state index in [9.17, 15) is 4.79 Å². The molecule has 0 fully saturated rings. The van der Waals surface area contributed by atoms with Crippen LogP contribution in [0.4, 0.5) is 0 Å². The summed E-state index contributed by atoms with van der Waals surface area (Å²) in [6, 6.07) is 7.76. The molecular formula is C12H10N4O2. The molecule has 1 aromatic carbocycles. The number of rotatable bonds is 3. The molecule has 0 aliphatic heterocycles. The lowest BCUT2D eigenvalue weighted by Gasteiger charge is -2.03. The van der Waals surface area contributed by atoms with E-state index in [0.29, 0.717) is 24.2 Å². The number of benzene rings is 1. The van der Waals surface area contributed by atoms with Crippen LogP contribution in [0.1, 0.15) is 10.6 Å². The molecule has 0 bridgehead atoms. The van der Waals surface area contributed by atoms with Gasteiger partial charge in [-0.3, -0.25) is 9.36 Å². The van der Waals surface area contributed by atoms with E-state index < -0.39 is 0 Å². The van der Waals surface area contributed by atoms with Crippen molar-refractivity contribution in [1.82, 2.24) is 19.7 Å². The number of carbonyl (C=O) groups is 1. The fraction of sp³-hybridized carbons (Fsp3) is 0.167. The zero-order valence-corrected chi connectivity index (χ0v) is 9.70. The van der Waals surface area contributed by atoms with Crippen LogP contribution in [-0.4, -0.2) is 33.1 Å². The van der Waals surface area contributed by atoms with E-state index in [0.717, 1.165) is 10.9 Å². The number of aldehydes is 1. The maximum atomic E-state index is 10.7. The molecule has 6 nitrogen and oxygen atoms in total. The van der Waals surface area contributed by atoms with Crippen molar-refractivity contribution in [3.63, 3.8) is 0 Å². The Labute approximate surface area is 102 Å². The van der Waals surface area contributed by atoms with Gasteiger partial charge in [0.1, 0.15) is 12.2 Å². The number of nitrogens with zero attached hydrogens (tertiary/aromatic N) is 4. The van der Waals surface area contributed by atoms with E-state index in [2.05, 4.69) is 15.2 Å². The molecule has 0 aliphatic rings. The largest absolute Gasteiger partial charge is 0.364 e. The lowest BCUT2D eigenvalue weighted by Crippen LogP contribution is -2.03. The van der Waals surface area contributed by atoms with Crippen molar-refractivity contribution in [3.05, 3.63) is 30.1 Å². The molecule has 3 rings (SSSR count). The lowest BCUT2D eigenvalue weighted by molar-refractivity contribution is 0.111. The quantitative estimate of drug-likeness (QED) is 0.649. The summed E-state index contributed by atoms with van der Waals surface area (Å²) in [7, 11) is 1.61. The minimum atomic E-state index is 0.0719. The molecule has 0 saturated carbocycles. The van der Waals surface area contributed by atoms with Gasteiger partial charge in [0, 0.05) is 12.5 Å². The van der Waals surface area contributed by atoms with Crippen molar-refractivity contribution in [3.8, 4) is 0 Å². The number of ether oxygens (including phenoxy) is 1. The van der Waals surface area contributed by atoms with E-state index in [1.807, 2.05) is 28.8 Å². The van der Waals surface area contributed by atoms with Crippen LogP contribution < -0.4 is 0 Å². The number of hydrogen-bond donors (Lipinski definition) is 0. The molecule has 18 heavy (non-hydrogen) atoms. The summed E-state index contributed by atoms with van der Waals surface area (Å²) < 4.78 is 7.03. The zero-order valence-electron chi connectivity index (χ0n) is 9.70. The van der Waals surface area contributed by atoms with E-state index in [1.165, 1.54) is 0 Å². The number of hydrogen-bond acceptors (Lipinski definition) is 5. The molecule has 0 atom stereocenters. The van der Waals surface area contributed by atoms with Gasteiger partial charge < -0.3 is 4.74 Å². The third-order valence-corrected chi connectivity index (χ3v) is 2.75. The average molecular weight is 242 g/mol. The van der Waals surface area contributed by atoms with Crippen molar-refractivity contribution in [2.24, 2.45) is 0 Å². The Morgan fingerprint density at radius 3 is 2.94 bits per heavy atom. The van der Waals surface area contributed by atoms with Crippen molar-refractivity contribution >= 4 is 28.4 Å². The summed E-state index contributed by atoms with van der Waals surface area (Å²) in [5.74, 6) is 0.0719. The van der Waals surface area contributed by atoms with Crippen LogP contribution in [0.3, 0.4) is 0 Å². The smallest absolute Gasteiger partial charge is 0.216 e. The van der Waals surface area contributed by atoms with Gasteiger partial charge in [-0.05, 0) is 6.07 Å². The number of methoxy groups -OCH3 is 1. The minimum Gasteiger partial charge on any atom is -0.364 e. The average Bonchev–Trinajstić information content (AvgIpc) is 2.73. The van der Waals surface area contributed by atoms with E-state index in [4.69, 9.17) is 4.74 Å². The number of fused-ring (bicyclic) bond motifs is 3. The lowest BCUT2D eigenvalue weighted by atomic mass is 10.2. The van der Waals surface area contributed by atoms with Gasteiger partial charge in [0.05, 0.1) is 5.52 Å². The first-order chi connectivity index (χ1) is 8.85. The molecule has 90 valence electrons. The topological polar surface area (TPSA) is 69.9 Å². The fourth-order valence-electron chi connectivity index (χ4n) is 2.03. The second-order valence-electron chi connectivity index (χ2n) is 3.82. The summed E-state index contributed by atoms with van der Waals surface area (Å²) in [4.78, 5) is 14.9. The zero-order chi connectivity index (χ0) is 12.5. The molecule has 0 aliphatic carbocycles. The predicted octanol–water partition coefficient (Wildman–Crippen LogP) is 1.40. The summed E-state index contributed by atoms with van der Waals surface area (Å²) in [6.45, 7) is 0.348. The first-order valence-corrected chi connectivity index (χ1v) is 5.41. The van der Waals surface area contributed by atoms with Gasteiger partial charge in [0.2, 0.25) is 5.82 Å². The summed E-state index contributed by atoms with van der Waals surface area (Å²) in [6.07, 6.45) is 0.585. The Kier molecular flexibility index (Phi) is 2.49. The standard InChI is InChI=1S/C12H10N4O2/c1-18-7-16-9-5-3-2-4-8(9)11-12(16)13-10(6-17)14-15-11/h2-6H,7H2,1H3. The third kappa shape index (κ3) is 1.46. The molecular weight excluding hydrogens is 232 g/mol. The summed E-state index contributed by atoms with van der Waals surface area (Å²) in [5, 5.41) is 8.77. The van der Waals surface area contributed by atoms with E-state index in [-0.39, 0.29) is 5.82 Å². The minimum absolute atomic E-state index is 0.0719. The maximum Gasteiger partial charge on any atom is 0.216 e. The van der Waals surface area contributed by atoms with Crippen LogP contribution in [0.15, 0.2) is 24.3 Å². The number of aromatic nitrogens is 4. The molecule has 2 aromatic heterocycles. The summed E-state index contributed by atoms with van der Waals surface area (Å²) >= 11 is 0. The van der Waals surface area contributed by atoms with Crippen LogP contribution in [0.25, 0.3) is 22.1 Å². The number of carbonyl (C=O) groups excluding carboxylic acids is 1. The number of para-hydroxylation sites is 1. The molecule has 6 heteroatoms. The van der Waals surface area contributed by atoms with Gasteiger partial charge in [0.25, 0.3) is 0 Å². The predicted molar refractivity (Wildman–Crippen MR) is 65.2 cm³/mol. The van der Waals surface area contributed by atoms with Gasteiger partial charge in [-0.15, -0.1) is 10.2 Å². The molecule has 0 amide bonds. The van der Waals surface area contributed by atoms with Gasteiger partial charge in [-0.2, -0.15) is 0 Å². The molecule has 0 spiro atoms. The van der Waals surface area contributed by atoms with Crippen molar-refractivity contribution in [2.45, 2.75) is 6.73 Å².